The summed E-state index contributed by atoms with van der Waals surface area (Å²) in [6.45, 7) is 1.21. The van der Waals surface area contributed by atoms with Gasteiger partial charge in [-0.05, 0) is 35.9 Å². The first-order chi connectivity index (χ1) is 14.6. The first-order valence-corrected chi connectivity index (χ1v) is 10.6. The van der Waals surface area contributed by atoms with Gasteiger partial charge in [-0.1, -0.05) is 18.2 Å². The van der Waals surface area contributed by atoms with Crippen molar-refractivity contribution < 1.29 is 13.9 Å². The van der Waals surface area contributed by atoms with Gasteiger partial charge in [0.25, 0.3) is 5.91 Å². The topological polar surface area (TPSA) is 66.2 Å². The van der Waals surface area contributed by atoms with E-state index in [2.05, 4.69) is 11.1 Å². The maximum atomic E-state index is 13.0. The molecule has 5 nitrogen and oxygen atoms in total. The monoisotopic (exact) mass is 421 g/mol. The summed E-state index contributed by atoms with van der Waals surface area (Å²) in [4.78, 5) is 19.1. The number of hydrogen-bond acceptors (Lipinski definition) is 5. The SMILES string of the molecule is N#Cc1cccc(OC2CCN(C(=O)c3csc(Cc4ccc(F)cc4)n3)CC2)c1. The van der Waals surface area contributed by atoms with Crippen LogP contribution in [0.3, 0.4) is 0 Å². The lowest BCUT2D eigenvalue weighted by atomic mass is 10.1. The molecule has 4 rings (SSSR count). The Kier molecular flexibility index (Phi) is 6.05. The highest BCUT2D eigenvalue weighted by Crippen LogP contribution is 2.22. The highest BCUT2D eigenvalue weighted by Gasteiger charge is 2.26. The van der Waals surface area contributed by atoms with Gasteiger partial charge in [0.05, 0.1) is 16.6 Å². The van der Waals surface area contributed by atoms with Crippen LogP contribution in [0.25, 0.3) is 0 Å². The number of carbonyl (C=O) groups excluding carboxylic acids is 1. The molecule has 30 heavy (non-hydrogen) atoms. The van der Waals surface area contributed by atoms with Crippen molar-refractivity contribution in [2.45, 2.75) is 25.4 Å². The lowest BCUT2D eigenvalue weighted by Gasteiger charge is -2.31. The van der Waals surface area contributed by atoms with Crippen molar-refractivity contribution in [1.29, 1.82) is 5.26 Å². The first-order valence-electron chi connectivity index (χ1n) is 9.75. The summed E-state index contributed by atoms with van der Waals surface area (Å²) in [5.74, 6) is 0.351. The predicted molar refractivity (Wildman–Crippen MR) is 112 cm³/mol. The number of ether oxygens (including phenoxy) is 1. The molecule has 152 valence electrons. The number of nitrogens with zero attached hydrogens (tertiary/aromatic N) is 3. The minimum atomic E-state index is -0.265. The molecule has 3 aromatic rings. The molecule has 7 heteroatoms. The largest absolute Gasteiger partial charge is 0.490 e. The van der Waals surface area contributed by atoms with Gasteiger partial charge in [0.2, 0.25) is 0 Å². The zero-order valence-electron chi connectivity index (χ0n) is 16.3. The zero-order valence-corrected chi connectivity index (χ0v) is 17.1. The number of aromatic nitrogens is 1. The Balaban J connectivity index is 1.31. The molecule has 1 fully saturated rings. The molecule has 1 aliphatic heterocycles. The summed E-state index contributed by atoms with van der Waals surface area (Å²) < 4.78 is 19.0. The van der Waals surface area contributed by atoms with E-state index in [0.717, 1.165) is 23.4 Å². The second-order valence-electron chi connectivity index (χ2n) is 7.18. The minimum absolute atomic E-state index is 0.0208. The van der Waals surface area contributed by atoms with Gasteiger partial charge in [-0.3, -0.25) is 4.79 Å². The van der Waals surface area contributed by atoms with Crippen molar-refractivity contribution in [3.63, 3.8) is 0 Å². The van der Waals surface area contributed by atoms with Gasteiger partial charge in [-0.15, -0.1) is 11.3 Å². The van der Waals surface area contributed by atoms with Crippen LogP contribution in [0.1, 0.15) is 39.5 Å². The van der Waals surface area contributed by atoms with Crippen LogP contribution in [-0.4, -0.2) is 35.0 Å². The Bertz CT molecular complexity index is 1070. The maximum absolute atomic E-state index is 13.0. The fourth-order valence-electron chi connectivity index (χ4n) is 3.44. The number of halogens is 1. The van der Waals surface area contributed by atoms with E-state index in [1.807, 2.05) is 11.0 Å². The van der Waals surface area contributed by atoms with Crippen LogP contribution in [0.4, 0.5) is 4.39 Å². The number of hydrogen-bond donors (Lipinski definition) is 0. The van der Waals surface area contributed by atoms with Gasteiger partial charge in [0, 0.05) is 37.7 Å². The number of amides is 1. The van der Waals surface area contributed by atoms with Crippen LogP contribution in [0.15, 0.2) is 53.9 Å². The third-order valence-electron chi connectivity index (χ3n) is 5.03. The van der Waals surface area contributed by atoms with E-state index in [4.69, 9.17) is 10.00 Å². The van der Waals surface area contributed by atoms with E-state index in [0.29, 0.717) is 36.5 Å². The fraction of sp³-hybridized carbons (Fsp3) is 0.261. The van der Waals surface area contributed by atoms with Crippen LogP contribution >= 0.6 is 11.3 Å². The number of nitriles is 1. The fourth-order valence-corrected chi connectivity index (χ4v) is 4.24. The van der Waals surface area contributed by atoms with Crippen LogP contribution in [0, 0.1) is 17.1 Å². The average Bonchev–Trinajstić information content (AvgIpc) is 3.24. The number of thiazole rings is 1. The second-order valence-corrected chi connectivity index (χ2v) is 8.12. The molecule has 2 aromatic carbocycles. The van der Waals surface area contributed by atoms with Gasteiger partial charge in [-0.25, -0.2) is 9.37 Å². The van der Waals surface area contributed by atoms with E-state index < -0.39 is 0 Å². The molecular weight excluding hydrogens is 401 g/mol. The highest BCUT2D eigenvalue weighted by molar-refractivity contribution is 7.09. The third kappa shape index (κ3) is 4.84. The third-order valence-corrected chi connectivity index (χ3v) is 5.88. The molecule has 0 unspecified atom stereocenters. The molecule has 2 heterocycles. The van der Waals surface area contributed by atoms with Crippen LogP contribution in [-0.2, 0) is 6.42 Å². The molecule has 0 saturated carbocycles. The number of benzene rings is 2. The molecule has 0 atom stereocenters. The van der Waals surface area contributed by atoms with Crippen molar-refractivity contribution in [3.05, 3.63) is 81.6 Å². The second kappa shape index (κ2) is 9.06. The summed E-state index contributed by atoms with van der Waals surface area (Å²) >= 11 is 1.44. The molecule has 1 aromatic heterocycles. The molecular formula is C23H20FN3O2S. The summed E-state index contributed by atoms with van der Waals surface area (Å²) in [7, 11) is 0. The van der Waals surface area contributed by atoms with Gasteiger partial charge < -0.3 is 9.64 Å². The van der Waals surface area contributed by atoms with E-state index in [-0.39, 0.29) is 17.8 Å². The molecule has 1 aliphatic rings. The van der Waals surface area contributed by atoms with E-state index in [9.17, 15) is 9.18 Å². The molecule has 0 aliphatic carbocycles. The van der Waals surface area contributed by atoms with E-state index in [1.54, 1.807) is 35.7 Å². The van der Waals surface area contributed by atoms with Crippen LogP contribution in [0.5, 0.6) is 5.75 Å². The minimum Gasteiger partial charge on any atom is -0.490 e. The van der Waals surface area contributed by atoms with Gasteiger partial charge in [0.1, 0.15) is 23.4 Å². The number of rotatable bonds is 5. The number of likely N-dealkylation sites (tertiary alicyclic amines) is 1. The number of piperidine rings is 1. The van der Waals surface area contributed by atoms with Crippen LogP contribution in [0.2, 0.25) is 0 Å². The van der Waals surface area contributed by atoms with Crippen molar-refractivity contribution in [2.24, 2.45) is 0 Å². The Hall–Kier alpha value is -3.24. The normalized spacial score (nSPS) is 14.3. The Labute approximate surface area is 178 Å². The van der Waals surface area contributed by atoms with Crippen molar-refractivity contribution in [3.8, 4) is 11.8 Å². The molecule has 1 saturated heterocycles. The molecule has 0 spiro atoms. The Morgan fingerprint density at radius 2 is 2.00 bits per heavy atom. The Morgan fingerprint density at radius 3 is 2.73 bits per heavy atom. The standard InChI is InChI=1S/C23H20FN3O2S/c24-18-6-4-16(5-7-18)13-22-26-21(15-30-22)23(28)27-10-8-19(9-11-27)29-20-3-1-2-17(12-20)14-25/h1-7,12,15,19H,8-11,13H2. The smallest absolute Gasteiger partial charge is 0.273 e. The summed E-state index contributed by atoms with van der Waals surface area (Å²) in [5.41, 5.74) is 1.99. The molecule has 0 bridgehead atoms. The summed E-state index contributed by atoms with van der Waals surface area (Å²) in [6.07, 6.45) is 2.06. The van der Waals surface area contributed by atoms with Gasteiger partial charge in [-0.2, -0.15) is 5.26 Å². The first kappa shape index (κ1) is 20.0. The lowest BCUT2D eigenvalue weighted by molar-refractivity contribution is 0.0590. The average molecular weight is 421 g/mol. The lowest BCUT2D eigenvalue weighted by Crippen LogP contribution is -2.41. The maximum Gasteiger partial charge on any atom is 0.273 e. The van der Waals surface area contributed by atoms with Gasteiger partial charge >= 0.3 is 0 Å². The zero-order chi connectivity index (χ0) is 20.9. The highest BCUT2D eigenvalue weighted by atomic mass is 32.1. The quantitative estimate of drug-likeness (QED) is 0.611. The van der Waals surface area contributed by atoms with E-state index in [1.165, 1.54) is 23.5 Å². The van der Waals surface area contributed by atoms with E-state index >= 15 is 0 Å². The summed E-state index contributed by atoms with van der Waals surface area (Å²) in [6, 6.07) is 15.5. The van der Waals surface area contributed by atoms with Crippen molar-refractivity contribution >= 4 is 17.2 Å². The van der Waals surface area contributed by atoms with Crippen LogP contribution < -0.4 is 4.74 Å². The Morgan fingerprint density at radius 1 is 1.23 bits per heavy atom. The molecule has 0 N–H and O–H groups in total. The van der Waals surface area contributed by atoms with Crippen molar-refractivity contribution in [1.82, 2.24) is 9.88 Å². The molecule has 1 amide bonds. The van der Waals surface area contributed by atoms with Gasteiger partial charge in [0.15, 0.2) is 0 Å². The predicted octanol–water partition coefficient (Wildman–Crippen LogP) is 4.43. The van der Waals surface area contributed by atoms with Crippen molar-refractivity contribution in [2.75, 3.05) is 13.1 Å². The summed E-state index contributed by atoms with van der Waals surface area (Å²) in [5, 5.41) is 11.6. The number of carbonyl (C=O) groups is 1. The molecule has 0 radical (unpaired) electrons.